The highest BCUT2D eigenvalue weighted by atomic mass is 19.4. The summed E-state index contributed by atoms with van der Waals surface area (Å²) in [5.74, 6) is -1.77. The van der Waals surface area contributed by atoms with Crippen molar-refractivity contribution in [1.29, 1.82) is 0 Å². The van der Waals surface area contributed by atoms with Crippen molar-refractivity contribution in [2.24, 2.45) is 0 Å². The van der Waals surface area contributed by atoms with E-state index < -0.39 is 17.9 Å². The van der Waals surface area contributed by atoms with Crippen LogP contribution in [0.15, 0.2) is 18.2 Å². The van der Waals surface area contributed by atoms with Gasteiger partial charge in [-0.2, -0.15) is 0 Å². The Kier molecular flexibility index (Phi) is 4.16. The van der Waals surface area contributed by atoms with Crippen molar-refractivity contribution in [2.45, 2.75) is 44.1 Å². The maximum Gasteiger partial charge on any atom is 0.573 e. The Morgan fingerprint density at radius 1 is 1.18 bits per heavy atom. The molecule has 1 aromatic carbocycles. The van der Waals surface area contributed by atoms with E-state index in [4.69, 9.17) is 0 Å². The zero-order valence-electron chi connectivity index (χ0n) is 12.0. The van der Waals surface area contributed by atoms with Crippen molar-refractivity contribution in [3.05, 3.63) is 24.0 Å². The molecule has 122 valence electrons. The largest absolute Gasteiger partial charge is 0.573 e. The molecule has 1 aliphatic carbocycles. The Hall–Kier alpha value is -1.50. The predicted molar refractivity (Wildman–Crippen MR) is 74.5 cm³/mol. The summed E-state index contributed by atoms with van der Waals surface area (Å²) in [5, 5.41) is 3.47. The fourth-order valence-corrected chi connectivity index (χ4v) is 3.46. The van der Waals surface area contributed by atoms with Crippen LogP contribution in [0.5, 0.6) is 5.75 Å². The van der Waals surface area contributed by atoms with Crippen molar-refractivity contribution in [2.75, 3.05) is 18.0 Å². The molecule has 0 amide bonds. The second kappa shape index (κ2) is 5.95. The molecule has 2 fully saturated rings. The van der Waals surface area contributed by atoms with E-state index in [1.807, 2.05) is 0 Å². The van der Waals surface area contributed by atoms with Gasteiger partial charge in [-0.05, 0) is 25.0 Å². The lowest BCUT2D eigenvalue weighted by molar-refractivity contribution is -0.275. The molecule has 3 rings (SSSR count). The van der Waals surface area contributed by atoms with Crippen LogP contribution in [0.1, 0.15) is 25.7 Å². The minimum atomic E-state index is -4.88. The number of rotatable bonds is 2. The lowest BCUT2D eigenvalue weighted by Crippen LogP contribution is -2.59. The highest BCUT2D eigenvalue weighted by Gasteiger charge is 2.35. The van der Waals surface area contributed by atoms with Gasteiger partial charge in [0.1, 0.15) is 0 Å². The fourth-order valence-electron chi connectivity index (χ4n) is 3.46. The topological polar surface area (TPSA) is 24.5 Å². The number of ether oxygens (including phenoxy) is 1. The first-order valence-electron chi connectivity index (χ1n) is 7.49. The Morgan fingerprint density at radius 2 is 1.95 bits per heavy atom. The fraction of sp³-hybridized carbons (Fsp3) is 0.600. The van der Waals surface area contributed by atoms with Crippen LogP contribution >= 0.6 is 0 Å². The number of hydrogen-bond donors (Lipinski definition) is 1. The van der Waals surface area contributed by atoms with Gasteiger partial charge in [-0.1, -0.05) is 12.8 Å². The van der Waals surface area contributed by atoms with E-state index in [9.17, 15) is 17.6 Å². The normalized spacial score (nSPS) is 25.7. The molecule has 2 aliphatic rings. The van der Waals surface area contributed by atoms with Crippen LogP contribution in [0.4, 0.5) is 23.2 Å². The summed E-state index contributed by atoms with van der Waals surface area (Å²) in [7, 11) is 0. The Labute approximate surface area is 126 Å². The standard InChI is InChI=1S/C15H18F4N2O/c16-11-9-10(5-6-14(11)22-15(17,18)19)21-8-7-20-12-3-1-2-4-13(12)21/h5-6,9,12-13,20H,1-4,7-8H2/t12-,13?/m0/s1. The number of anilines is 1. The minimum absolute atomic E-state index is 0.274. The highest BCUT2D eigenvalue weighted by Crippen LogP contribution is 2.33. The lowest BCUT2D eigenvalue weighted by Gasteiger charge is -2.46. The molecule has 0 radical (unpaired) electrons. The number of benzene rings is 1. The van der Waals surface area contributed by atoms with Gasteiger partial charge in [-0.3, -0.25) is 0 Å². The smallest absolute Gasteiger partial charge is 0.403 e. The molecule has 3 nitrogen and oxygen atoms in total. The van der Waals surface area contributed by atoms with Crippen LogP contribution in [0.25, 0.3) is 0 Å². The molecule has 1 N–H and O–H groups in total. The number of alkyl halides is 3. The third kappa shape index (κ3) is 3.29. The van der Waals surface area contributed by atoms with Crippen LogP contribution in [0, 0.1) is 5.82 Å². The van der Waals surface area contributed by atoms with Crippen LogP contribution in [-0.4, -0.2) is 31.5 Å². The van der Waals surface area contributed by atoms with Gasteiger partial charge in [0.2, 0.25) is 0 Å². The molecule has 2 atom stereocenters. The van der Waals surface area contributed by atoms with E-state index >= 15 is 0 Å². The quantitative estimate of drug-likeness (QED) is 0.846. The third-order valence-electron chi connectivity index (χ3n) is 4.36. The molecule has 0 bridgehead atoms. The van der Waals surface area contributed by atoms with E-state index in [1.165, 1.54) is 12.5 Å². The molecule has 7 heteroatoms. The van der Waals surface area contributed by atoms with Gasteiger partial charge >= 0.3 is 6.36 Å². The van der Waals surface area contributed by atoms with E-state index in [2.05, 4.69) is 15.0 Å². The Morgan fingerprint density at radius 3 is 2.68 bits per heavy atom. The summed E-state index contributed by atoms with van der Waals surface area (Å²) in [5.41, 5.74) is 0.616. The molecule has 1 saturated carbocycles. The molecular weight excluding hydrogens is 300 g/mol. The zero-order valence-corrected chi connectivity index (χ0v) is 12.0. The Bertz CT molecular complexity index is 533. The maximum absolute atomic E-state index is 13.9. The van der Waals surface area contributed by atoms with Crippen molar-refractivity contribution in [1.82, 2.24) is 5.32 Å². The van der Waals surface area contributed by atoms with Gasteiger partial charge in [0.05, 0.1) is 0 Å². The van der Waals surface area contributed by atoms with Crippen molar-refractivity contribution < 1.29 is 22.3 Å². The first-order chi connectivity index (χ1) is 10.4. The van der Waals surface area contributed by atoms with E-state index in [1.54, 1.807) is 0 Å². The number of nitrogens with zero attached hydrogens (tertiary/aromatic N) is 1. The van der Waals surface area contributed by atoms with Crippen LogP contribution in [-0.2, 0) is 0 Å². The summed E-state index contributed by atoms with van der Waals surface area (Å²) < 4.78 is 54.1. The summed E-state index contributed by atoms with van der Waals surface area (Å²) in [6, 6.07) is 4.34. The van der Waals surface area contributed by atoms with Gasteiger partial charge < -0.3 is 15.0 Å². The average Bonchev–Trinajstić information content (AvgIpc) is 2.47. The molecule has 1 saturated heterocycles. The highest BCUT2D eigenvalue weighted by molar-refractivity contribution is 5.51. The summed E-state index contributed by atoms with van der Waals surface area (Å²) in [4.78, 5) is 2.10. The van der Waals surface area contributed by atoms with Gasteiger partial charge in [-0.25, -0.2) is 4.39 Å². The second-order valence-corrected chi connectivity index (χ2v) is 5.77. The average molecular weight is 318 g/mol. The monoisotopic (exact) mass is 318 g/mol. The van der Waals surface area contributed by atoms with Gasteiger partial charge in [0.15, 0.2) is 11.6 Å². The maximum atomic E-state index is 13.9. The van der Waals surface area contributed by atoms with Crippen molar-refractivity contribution in [3.63, 3.8) is 0 Å². The number of hydrogen-bond acceptors (Lipinski definition) is 3. The first kappa shape index (κ1) is 15.4. The molecule has 1 aromatic rings. The summed E-state index contributed by atoms with van der Waals surface area (Å²) in [6.45, 7) is 1.52. The van der Waals surface area contributed by atoms with Crippen LogP contribution in [0.3, 0.4) is 0 Å². The number of nitrogens with one attached hydrogen (secondary N) is 1. The van der Waals surface area contributed by atoms with Crippen LogP contribution in [0.2, 0.25) is 0 Å². The predicted octanol–water partition coefficient (Wildman–Crippen LogP) is 3.45. The molecule has 22 heavy (non-hydrogen) atoms. The van der Waals surface area contributed by atoms with E-state index in [0.717, 1.165) is 44.5 Å². The zero-order chi connectivity index (χ0) is 15.7. The molecule has 1 aliphatic heterocycles. The summed E-state index contributed by atoms with van der Waals surface area (Å²) in [6.07, 6.45) is -0.489. The van der Waals surface area contributed by atoms with Gasteiger partial charge in [0, 0.05) is 36.9 Å². The van der Waals surface area contributed by atoms with Gasteiger partial charge in [-0.15, -0.1) is 13.2 Å². The summed E-state index contributed by atoms with van der Waals surface area (Å²) >= 11 is 0. The second-order valence-electron chi connectivity index (χ2n) is 5.77. The first-order valence-corrected chi connectivity index (χ1v) is 7.49. The third-order valence-corrected chi connectivity index (χ3v) is 4.36. The van der Waals surface area contributed by atoms with Crippen molar-refractivity contribution in [3.8, 4) is 5.75 Å². The molecule has 0 spiro atoms. The number of halogens is 4. The van der Waals surface area contributed by atoms with Crippen LogP contribution < -0.4 is 15.0 Å². The SMILES string of the molecule is Fc1cc(N2CCN[C@H]3CCCCC32)ccc1OC(F)(F)F. The van der Waals surface area contributed by atoms with E-state index in [0.29, 0.717) is 11.7 Å². The molecule has 1 unspecified atom stereocenters. The lowest BCUT2D eigenvalue weighted by atomic mass is 9.87. The minimum Gasteiger partial charge on any atom is -0.403 e. The molecule has 1 heterocycles. The van der Waals surface area contributed by atoms with E-state index in [-0.39, 0.29) is 6.04 Å². The Balaban J connectivity index is 1.80. The van der Waals surface area contributed by atoms with Crippen molar-refractivity contribution >= 4 is 5.69 Å². The van der Waals surface area contributed by atoms with Gasteiger partial charge in [0.25, 0.3) is 0 Å². The molecular formula is C15H18F4N2O. The number of fused-ring (bicyclic) bond motifs is 1. The molecule has 0 aromatic heterocycles. The number of piperazine rings is 1.